The summed E-state index contributed by atoms with van der Waals surface area (Å²) in [6, 6.07) is -0.0597. The van der Waals surface area contributed by atoms with Crippen molar-refractivity contribution in [1.82, 2.24) is 9.62 Å². The summed E-state index contributed by atoms with van der Waals surface area (Å²) in [6.45, 7) is 5.73. The van der Waals surface area contributed by atoms with E-state index in [2.05, 4.69) is 18.6 Å². The minimum absolute atomic E-state index is 0.0597. The summed E-state index contributed by atoms with van der Waals surface area (Å²) in [6.07, 6.45) is 3.30. The van der Waals surface area contributed by atoms with Gasteiger partial charge in [-0.05, 0) is 25.2 Å². The highest BCUT2D eigenvalue weighted by Crippen LogP contribution is 2.18. The summed E-state index contributed by atoms with van der Waals surface area (Å²) >= 11 is 0. The van der Waals surface area contributed by atoms with Gasteiger partial charge in [-0.15, -0.1) is 0 Å². The number of nitrogens with two attached hydrogens (primary N) is 1. The number of sulfonamides is 1. The molecule has 3 N–H and O–H groups in total. The van der Waals surface area contributed by atoms with E-state index in [4.69, 9.17) is 5.73 Å². The number of likely N-dealkylation sites (tertiary alicyclic amines) is 1. The van der Waals surface area contributed by atoms with Crippen LogP contribution in [0.25, 0.3) is 0 Å². The van der Waals surface area contributed by atoms with Crippen molar-refractivity contribution in [1.29, 1.82) is 0 Å². The molecule has 20 heavy (non-hydrogen) atoms. The fraction of sp³-hybridized carbons (Fsp3) is 0.923. The van der Waals surface area contributed by atoms with Gasteiger partial charge in [0, 0.05) is 25.7 Å². The van der Waals surface area contributed by atoms with Gasteiger partial charge in [-0.25, -0.2) is 13.1 Å². The van der Waals surface area contributed by atoms with Crippen LogP contribution in [0, 0.1) is 11.8 Å². The van der Waals surface area contributed by atoms with Gasteiger partial charge < -0.3 is 10.6 Å². The quantitative estimate of drug-likeness (QED) is 0.730. The number of rotatable bonds is 6. The minimum atomic E-state index is -3.17. The topological polar surface area (TPSA) is 92.5 Å². The Morgan fingerprint density at radius 3 is 2.30 bits per heavy atom. The average molecular weight is 305 g/mol. The number of piperidine rings is 1. The normalized spacial score (nSPS) is 19.4. The number of nitrogens with one attached hydrogen (secondary N) is 1. The first-order valence-electron chi connectivity index (χ1n) is 7.19. The lowest BCUT2D eigenvalue weighted by molar-refractivity contribution is -0.136. The lowest BCUT2D eigenvalue weighted by Crippen LogP contribution is -2.48. The number of amides is 1. The smallest absolute Gasteiger partial charge is 0.226 e. The Hall–Kier alpha value is -0.660. The molecule has 0 saturated carbocycles. The molecule has 1 heterocycles. The van der Waals surface area contributed by atoms with Crippen molar-refractivity contribution in [3.8, 4) is 0 Å². The molecule has 0 spiro atoms. The fourth-order valence-corrected chi connectivity index (χ4v) is 3.49. The Morgan fingerprint density at radius 2 is 1.90 bits per heavy atom. The maximum absolute atomic E-state index is 12.4. The highest BCUT2D eigenvalue weighted by molar-refractivity contribution is 7.88. The Balaban J connectivity index is 2.49. The third-order valence-electron chi connectivity index (χ3n) is 3.58. The molecule has 0 bridgehead atoms. The van der Waals surface area contributed by atoms with E-state index >= 15 is 0 Å². The number of hydrogen-bond acceptors (Lipinski definition) is 4. The first kappa shape index (κ1) is 17.4. The molecule has 1 unspecified atom stereocenters. The Morgan fingerprint density at radius 1 is 1.35 bits per heavy atom. The Kier molecular flexibility index (Phi) is 6.42. The molecule has 1 aliphatic heterocycles. The number of carbonyl (C=O) groups excluding carboxylic acids is 1. The maximum atomic E-state index is 12.4. The number of hydrogen-bond donors (Lipinski definition) is 2. The first-order valence-corrected chi connectivity index (χ1v) is 9.08. The third-order valence-corrected chi connectivity index (χ3v) is 4.34. The molecule has 1 amide bonds. The summed E-state index contributed by atoms with van der Waals surface area (Å²) < 4.78 is 25.0. The van der Waals surface area contributed by atoms with Crippen molar-refractivity contribution in [2.24, 2.45) is 17.6 Å². The molecule has 0 aromatic carbocycles. The van der Waals surface area contributed by atoms with Crippen LogP contribution >= 0.6 is 0 Å². The van der Waals surface area contributed by atoms with Crippen LogP contribution < -0.4 is 10.5 Å². The van der Waals surface area contributed by atoms with Gasteiger partial charge in [0.25, 0.3) is 0 Å². The van der Waals surface area contributed by atoms with Crippen LogP contribution in [0.1, 0.15) is 33.1 Å². The van der Waals surface area contributed by atoms with Gasteiger partial charge in [-0.3, -0.25) is 4.79 Å². The van der Waals surface area contributed by atoms with E-state index in [0.717, 1.165) is 12.7 Å². The van der Waals surface area contributed by atoms with E-state index in [1.807, 2.05) is 4.90 Å². The van der Waals surface area contributed by atoms with Crippen LogP contribution in [0.5, 0.6) is 0 Å². The maximum Gasteiger partial charge on any atom is 0.226 e. The Bertz CT molecular complexity index is 415. The van der Waals surface area contributed by atoms with E-state index in [9.17, 15) is 13.2 Å². The van der Waals surface area contributed by atoms with Crippen molar-refractivity contribution in [3.05, 3.63) is 0 Å². The van der Waals surface area contributed by atoms with Crippen LogP contribution in [-0.4, -0.2) is 51.2 Å². The second-order valence-corrected chi connectivity index (χ2v) is 7.83. The molecule has 1 atom stereocenters. The third kappa shape index (κ3) is 5.76. The van der Waals surface area contributed by atoms with E-state index in [0.29, 0.717) is 38.4 Å². The summed E-state index contributed by atoms with van der Waals surface area (Å²) in [5, 5.41) is 0. The van der Waals surface area contributed by atoms with Gasteiger partial charge in [0.05, 0.1) is 12.2 Å². The largest absolute Gasteiger partial charge is 0.342 e. The molecular formula is C13H27N3O3S. The predicted molar refractivity (Wildman–Crippen MR) is 79.6 cm³/mol. The summed E-state index contributed by atoms with van der Waals surface area (Å²) in [4.78, 5) is 14.2. The fourth-order valence-electron chi connectivity index (χ4n) is 2.65. The SMILES string of the molecule is CC(C)CC(CN)C(=O)N1CCC(NS(C)(=O)=O)CC1. The van der Waals surface area contributed by atoms with E-state index in [1.54, 1.807) is 0 Å². The van der Waals surface area contributed by atoms with Gasteiger partial charge in [0.15, 0.2) is 0 Å². The van der Waals surface area contributed by atoms with Crippen LogP contribution in [0.15, 0.2) is 0 Å². The average Bonchev–Trinajstić information content (AvgIpc) is 2.34. The van der Waals surface area contributed by atoms with Gasteiger partial charge in [0.1, 0.15) is 0 Å². The number of carbonyl (C=O) groups is 1. The monoisotopic (exact) mass is 305 g/mol. The molecule has 0 aliphatic carbocycles. The van der Waals surface area contributed by atoms with Gasteiger partial charge in [0.2, 0.25) is 15.9 Å². The van der Waals surface area contributed by atoms with Gasteiger partial charge in [-0.1, -0.05) is 13.8 Å². The van der Waals surface area contributed by atoms with Crippen LogP contribution in [0.3, 0.4) is 0 Å². The second-order valence-electron chi connectivity index (χ2n) is 6.05. The van der Waals surface area contributed by atoms with Crippen LogP contribution in [-0.2, 0) is 14.8 Å². The molecule has 1 fully saturated rings. The lowest BCUT2D eigenvalue weighted by Gasteiger charge is -2.34. The zero-order chi connectivity index (χ0) is 15.3. The van der Waals surface area contributed by atoms with Crippen molar-refractivity contribution >= 4 is 15.9 Å². The summed E-state index contributed by atoms with van der Waals surface area (Å²) in [5.41, 5.74) is 5.70. The van der Waals surface area contributed by atoms with Gasteiger partial charge in [-0.2, -0.15) is 0 Å². The van der Waals surface area contributed by atoms with E-state index in [-0.39, 0.29) is 17.9 Å². The molecule has 7 heteroatoms. The zero-order valence-corrected chi connectivity index (χ0v) is 13.4. The predicted octanol–water partition coefficient (Wildman–Crippen LogP) is 0.148. The zero-order valence-electron chi connectivity index (χ0n) is 12.6. The molecule has 1 saturated heterocycles. The molecule has 1 rings (SSSR count). The number of nitrogens with zero attached hydrogens (tertiary/aromatic N) is 1. The lowest BCUT2D eigenvalue weighted by atomic mass is 9.94. The van der Waals surface area contributed by atoms with Crippen molar-refractivity contribution in [2.45, 2.75) is 39.2 Å². The molecule has 1 aliphatic rings. The first-order chi connectivity index (χ1) is 9.23. The summed E-state index contributed by atoms with van der Waals surface area (Å²) in [5.74, 6) is 0.436. The van der Waals surface area contributed by atoms with Gasteiger partial charge >= 0.3 is 0 Å². The van der Waals surface area contributed by atoms with E-state index < -0.39 is 10.0 Å². The standard InChI is InChI=1S/C13H27N3O3S/c1-10(2)8-11(9-14)13(17)16-6-4-12(5-7-16)15-20(3,18)19/h10-12,15H,4-9,14H2,1-3H3. The van der Waals surface area contributed by atoms with Crippen LogP contribution in [0.4, 0.5) is 0 Å². The molecule has 118 valence electrons. The Labute approximate surface area is 122 Å². The molecule has 0 aromatic heterocycles. The summed E-state index contributed by atoms with van der Waals surface area (Å²) in [7, 11) is -3.17. The molecule has 0 aromatic rings. The van der Waals surface area contributed by atoms with Crippen molar-refractivity contribution < 1.29 is 13.2 Å². The molecular weight excluding hydrogens is 278 g/mol. The van der Waals surface area contributed by atoms with Crippen molar-refractivity contribution in [2.75, 3.05) is 25.9 Å². The second kappa shape index (κ2) is 7.38. The molecule has 6 nitrogen and oxygen atoms in total. The highest BCUT2D eigenvalue weighted by Gasteiger charge is 2.28. The highest BCUT2D eigenvalue weighted by atomic mass is 32.2. The van der Waals surface area contributed by atoms with Crippen LogP contribution in [0.2, 0.25) is 0 Å². The van der Waals surface area contributed by atoms with Crippen molar-refractivity contribution in [3.63, 3.8) is 0 Å². The van der Waals surface area contributed by atoms with E-state index in [1.165, 1.54) is 0 Å². The minimum Gasteiger partial charge on any atom is -0.342 e. The molecule has 0 radical (unpaired) electrons.